The minimum atomic E-state index is -1.43. The fourth-order valence-corrected chi connectivity index (χ4v) is 2.03. The summed E-state index contributed by atoms with van der Waals surface area (Å²) >= 11 is 0. The molecule has 21 heavy (non-hydrogen) atoms. The van der Waals surface area contributed by atoms with Gasteiger partial charge in [-0.05, 0) is 18.6 Å². The number of nitro benzene ring substituents is 1. The molecule has 0 aliphatic heterocycles. The Kier molecular flexibility index (Phi) is 4.07. The van der Waals surface area contributed by atoms with Crippen molar-refractivity contribution in [2.75, 3.05) is 0 Å². The normalized spacial score (nSPS) is 10.4. The molecule has 2 rings (SSSR count). The third-order valence-electron chi connectivity index (χ3n) is 2.99. The molecule has 0 unspecified atom stereocenters. The van der Waals surface area contributed by atoms with Gasteiger partial charge in [-0.15, -0.1) is 0 Å². The van der Waals surface area contributed by atoms with Crippen LogP contribution in [0.1, 0.15) is 21.5 Å². The molecule has 0 amide bonds. The van der Waals surface area contributed by atoms with Gasteiger partial charge in [0.15, 0.2) is 5.78 Å². The highest BCUT2D eigenvalue weighted by atomic mass is 19.1. The fraction of sp³-hybridized carbons (Fsp3) is 0.133. The van der Waals surface area contributed by atoms with Crippen molar-refractivity contribution >= 4 is 11.5 Å². The number of carbonyl (C=O) groups is 1. The predicted octanol–water partition coefficient (Wildman–Crippen LogP) is 3.61. The van der Waals surface area contributed by atoms with Crippen molar-refractivity contribution in [2.24, 2.45) is 0 Å². The second-order valence-electron chi connectivity index (χ2n) is 4.60. The van der Waals surface area contributed by atoms with Crippen LogP contribution < -0.4 is 0 Å². The molecule has 2 aromatic carbocycles. The van der Waals surface area contributed by atoms with Gasteiger partial charge in [0.25, 0.3) is 0 Å². The Morgan fingerprint density at radius 1 is 1.24 bits per heavy atom. The molecule has 0 saturated heterocycles. The van der Waals surface area contributed by atoms with Crippen molar-refractivity contribution in [3.8, 4) is 0 Å². The second-order valence-corrected chi connectivity index (χ2v) is 4.60. The predicted molar refractivity (Wildman–Crippen MR) is 72.2 cm³/mol. The van der Waals surface area contributed by atoms with Crippen LogP contribution in [0.4, 0.5) is 14.5 Å². The lowest BCUT2D eigenvalue weighted by Gasteiger charge is -2.05. The zero-order chi connectivity index (χ0) is 15.6. The molecule has 0 bridgehead atoms. The van der Waals surface area contributed by atoms with E-state index in [1.807, 2.05) is 13.0 Å². The number of ketones is 1. The molecular weight excluding hydrogens is 280 g/mol. The molecule has 0 N–H and O–H groups in total. The molecule has 0 atom stereocenters. The highest BCUT2D eigenvalue weighted by molar-refractivity contribution is 5.98. The topological polar surface area (TPSA) is 60.2 Å². The van der Waals surface area contributed by atoms with E-state index in [1.165, 1.54) is 0 Å². The molecule has 0 radical (unpaired) electrons. The standard InChI is InChI=1S/C15H11F2NO3/c1-9-3-2-4-10(7-9)8-13(19)14-11(16)5-6-12(15(14)17)18(20)21/h2-7H,8H2,1H3. The Balaban J connectivity index is 2.39. The van der Waals surface area contributed by atoms with Crippen molar-refractivity contribution < 1.29 is 18.5 Å². The van der Waals surface area contributed by atoms with E-state index in [0.717, 1.165) is 11.6 Å². The van der Waals surface area contributed by atoms with Crippen molar-refractivity contribution in [1.29, 1.82) is 0 Å². The van der Waals surface area contributed by atoms with Crippen LogP contribution in [-0.4, -0.2) is 10.7 Å². The maximum Gasteiger partial charge on any atom is 0.305 e. The van der Waals surface area contributed by atoms with E-state index in [0.29, 0.717) is 11.6 Å². The quantitative estimate of drug-likeness (QED) is 0.491. The molecule has 0 aliphatic rings. The van der Waals surface area contributed by atoms with Crippen LogP contribution in [0.2, 0.25) is 0 Å². The zero-order valence-corrected chi connectivity index (χ0v) is 11.1. The van der Waals surface area contributed by atoms with Crippen molar-refractivity contribution in [3.63, 3.8) is 0 Å². The monoisotopic (exact) mass is 291 g/mol. The molecule has 2 aromatic rings. The van der Waals surface area contributed by atoms with Gasteiger partial charge in [0, 0.05) is 12.5 Å². The van der Waals surface area contributed by atoms with Gasteiger partial charge in [-0.1, -0.05) is 29.8 Å². The molecule has 0 heterocycles. The summed E-state index contributed by atoms with van der Waals surface area (Å²) in [6.45, 7) is 1.82. The Morgan fingerprint density at radius 3 is 2.57 bits per heavy atom. The van der Waals surface area contributed by atoms with Crippen LogP contribution in [0.15, 0.2) is 36.4 Å². The molecule has 0 aromatic heterocycles. The number of carbonyl (C=O) groups excluding carboxylic acids is 1. The smallest absolute Gasteiger partial charge is 0.294 e. The van der Waals surface area contributed by atoms with Gasteiger partial charge < -0.3 is 0 Å². The van der Waals surface area contributed by atoms with Crippen LogP contribution in [0.3, 0.4) is 0 Å². The average Bonchev–Trinajstić information content (AvgIpc) is 2.38. The van der Waals surface area contributed by atoms with Crippen molar-refractivity contribution in [3.05, 3.63) is 74.8 Å². The van der Waals surface area contributed by atoms with E-state index in [9.17, 15) is 23.7 Å². The van der Waals surface area contributed by atoms with E-state index in [-0.39, 0.29) is 6.42 Å². The minimum Gasteiger partial charge on any atom is -0.294 e. The van der Waals surface area contributed by atoms with Crippen LogP contribution in [0, 0.1) is 28.7 Å². The molecule has 0 spiro atoms. The number of Topliss-reactive ketones (excluding diaryl/α,β-unsaturated/α-hetero) is 1. The van der Waals surface area contributed by atoms with Gasteiger partial charge in [-0.3, -0.25) is 14.9 Å². The first-order valence-corrected chi connectivity index (χ1v) is 6.11. The molecule has 108 valence electrons. The molecule has 6 heteroatoms. The maximum absolute atomic E-state index is 13.9. The van der Waals surface area contributed by atoms with Crippen LogP contribution in [0.5, 0.6) is 0 Å². The van der Waals surface area contributed by atoms with Crippen LogP contribution >= 0.6 is 0 Å². The zero-order valence-electron chi connectivity index (χ0n) is 11.1. The number of benzene rings is 2. The summed E-state index contributed by atoms with van der Waals surface area (Å²) in [5.41, 5.74) is -0.291. The van der Waals surface area contributed by atoms with Gasteiger partial charge in [0.05, 0.1) is 10.5 Å². The maximum atomic E-state index is 13.9. The Bertz CT molecular complexity index is 729. The van der Waals surface area contributed by atoms with Gasteiger partial charge in [0.1, 0.15) is 5.82 Å². The first-order valence-electron chi connectivity index (χ1n) is 6.11. The molecule has 0 aliphatic carbocycles. The lowest BCUT2D eigenvalue weighted by atomic mass is 10.0. The lowest BCUT2D eigenvalue weighted by molar-refractivity contribution is -0.387. The van der Waals surface area contributed by atoms with Crippen LogP contribution in [0.25, 0.3) is 0 Å². The van der Waals surface area contributed by atoms with Gasteiger partial charge in [0.2, 0.25) is 5.82 Å². The number of aryl methyl sites for hydroxylation is 1. The summed E-state index contributed by atoms with van der Waals surface area (Å²) in [7, 11) is 0. The molecule has 0 fully saturated rings. The number of hydrogen-bond donors (Lipinski definition) is 0. The van der Waals surface area contributed by atoms with E-state index in [2.05, 4.69) is 0 Å². The van der Waals surface area contributed by atoms with Gasteiger partial charge in [-0.2, -0.15) is 4.39 Å². The summed E-state index contributed by atoms with van der Waals surface area (Å²) in [5, 5.41) is 10.6. The van der Waals surface area contributed by atoms with Gasteiger partial charge >= 0.3 is 5.69 Å². The molecule has 4 nitrogen and oxygen atoms in total. The van der Waals surface area contributed by atoms with Gasteiger partial charge in [-0.25, -0.2) is 4.39 Å². The number of nitro groups is 1. The Labute approximate surface area is 119 Å². The summed E-state index contributed by atoms with van der Waals surface area (Å²) in [5.74, 6) is -3.37. The number of halogens is 2. The van der Waals surface area contributed by atoms with E-state index < -0.39 is 33.6 Å². The van der Waals surface area contributed by atoms with Crippen LogP contribution in [-0.2, 0) is 6.42 Å². The SMILES string of the molecule is Cc1cccc(CC(=O)c2c(F)ccc([N+](=O)[O-])c2F)c1. The highest BCUT2D eigenvalue weighted by Gasteiger charge is 2.25. The van der Waals surface area contributed by atoms with E-state index in [1.54, 1.807) is 18.2 Å². The first kappa shape index (κ1) is 14.8. The summed E-state index contributed by atoms with van der Waals surface area (Å²) in [6, 6.07) is 8.34. The average molecular weight is 291 g/mol. The summed E-state index contributed by atoms with van der Waals surface area (Å²) in [6.07, 6.45) is -0.226. The fourth-order valence-electron chi connectivity index (χ4n) is 2.03. The third-order valence-corrected chi connectivity index (χ3v) is 2.99. The highest BCUT2D eigenvalue weighted by Crippen LogP contribution is 2.24. The first-order chi connectivity index (χ1) is 9.90. The number of rotatable bonds is 4. The van der Waals surface area contributed by atoms with E-state index >= 15 is 0 Å². The number of hydrogen-bond acceptors (Lipinski definition) is 3. The molecular formula is C15H11F2NO3. The minimum absolute atomic E-state index is 0.226. The summed E-state index contributed by atoms with van der Waals surface area (Å²) < 4.78 is 27.6. The van der Waals surface area contributed by atoms with E-state index in [4.69, 9.17) is 0 Å². The largest absolute Gasteiger partial charge is 0.305 e. The van der Waals surface area contributed by atoms with Crippen molar-refractivity contribution in [2.45, 2.75) is 13.3 Å². The lowest BCUT2D eigenvalue weighted by Crippen LogP contribution is -2.11. The Hall–Kier alpha value is -2.63. The molecule has 0 saturated carbocycles. The summed E-state index contributed by atoms with van der Waals surface area (Å²) in [4.78, 5) is 21.7. The second kappa shape index (κ2) is 5.78. The van der Waals surface area contributed by atoms with Crippen molar-refractivity contribution in [1.82, 2.24) is 0 Å². The third kappa shape index (κ3) is 3.10. The number of nitrogens with zero attached hydrogens (tertiary/aromatic N) is 1. The Morgan fingerprint density at radius 2 is 1.95 bits per heavy atom.